The van der Waals surface area contributed by atoms with E-state index in [4.69, 9.17) is 10.2 Å². The molecule has 0 radical (unpaired) electrons. The van der Waals surface area contributed by atoms with E-state index in [0.29, 0.717) is 12.1 Å². The molecule has 0 aliphatic carbocycles. The van der Waals surface area contributed by atoms with E-state index in [1.807, 2.05) is 0 Å². The van der Waals surface area contributed by atoms with Crippen LogP contribution in [0.5, 0.6) is 0 Å². The van der Waals surface area contributed by atoms with Gasteiger partial charge < -0.3 is 25.6 Å². The van der Waals surface area contributed by atoms with Crippen molar-refractivity contribution in [1.29, 1.82) is 0 Å². The minimum absolute atomic E-state index is 0. The van der Waals surface area contributed by atoms with Crippen LogP contribution in [0.4, 0.5) is 0 Å². The minimum atomic E-state index is -4.89. The number of rotatable bonds is 5. The van der Waals surface area contributed by atoms with Crippen LogP contribution in [0.2, 0.25) is 0 Å². The molecule has 1 aromatic carbocycles. The topological polar surface area (TPSA) is 180 Å². The van der Waals surface area contributed by atoms with Gasteiger partial charge in [-0.15, -0.1) is 0 Å². The van der Waals surface area contributed by atoms with Crippen molar-refractivity contribution < 1.29 is 43.6 Å². The van der Waals surface area contributed by atoms with Gasteiger partial charge in [0.15, 0.2) is 0 Å². The van der Waals surface area contributed by atoms with Gasteiger partial charge in [0.25, 0.3) is 0 Å². The second kappa shape index (κ2) is 9.98. The minimum Gasteiger partial charge on any atom is -0.744 e. The number of nitrogens with two attached hydrogens (primary N) is 1. The van der Waals surface area contributed by atoms with Gasteiger partial charge in [0.05, 0.1) is 28.1 Å². The number of carboxylic acid groups (broad SMARTS) is 2. The first-order chi connectivity index (χ1) is 10.3. The highest BCUT2D eigenvalue weighted by molar-refractivity contribution is 7.85. The van der Waals surface area contributed by atoms with Crippen molar-refractivity contribution in [2.75, 3.05) is 0 Å². The molecule has 0 saturated carbocycles. The molecule has 0 aromatic heterocycles. The van der Waals surface area contributed by atoms with E-state index >= 15 is 0 Å². The zero-order chi connectivity index (χ0) is 18.4. The van der Waals surface area contributed by atoms with Gasteiger partial charge in [-0.1, -0.05) is 0 Å². The van der Waals surface area contributed by atoms with Crippen LogP contribution in [-0.4, -0.2) is 52.7 Å². The number of carbonyl (C=O) groups is 2. The van der Waals surface area contributed by atoms with E-state index in [9.17, 15) is 22.6 Å². The van der Waals surface area contributed by atoms with Crippen LogP contribution in [0.25, 0.3) is 0 Å². The average Bonchev–Trinajstić information content (AvgIpc) is 2.36. The first-order valence-corrected chi connectivity index (χ1v) is 8.18. The molecule has 0 heterocycles. The standard InChI is InChI=1S/C8H6O7S.C6H15N.H2O/c9-7(10)4-1-5(8(11)12)3-6(2-4)16(13,14)15;1-5(2)7-6(3)4;/h1-3H,(H,9,10)(H,11,12)(H,13,14,15);5-7H,1-4H3;1H2. The molecular formula is C14H23NO8S. The zero-order valence-electron chi connectivity index (χ0n) is 13.8. The number of hydrogen-bond acceptors (Lipinski definition) is 5. The molecule has 9 nitrogen and oxygen atoms in total. The predicted molar refractivity (Wildman–Crippen MR) is 84.1 cm³/mol. The van der Waals surface area contributed by atoms with E-state index in [2.05, 4.69) is 33.0 Å². The molecule has 0 bridgehead atoms. The summed E-state index contributed by atoms with van der Waals surface area (Å²) in [4.78, 5) is 20.2. The highest BCUT2D eigenvalue weighted by Gasteiger charge is 2.14. The summed E-state index contributed by atoms with van der Waals surface area (Å²) >= 11 is 0. The Morgan fingerprint density at radius 1 is 0.958 bits per heavy atom. The summed E-state index contributed by atoms with van der Waals surface area (Å²) in [5.74, 6) is -3.04. The van der Waals surface area contributed by atoms with Crippen LogP contribution in [0.1, 0.15) is 48.4 Å². The van der Waals surface area contributed by atoms with Gasteiger partial charge in [0.2, 0.25) is 0 Å². The number of aromatic carboxylic acids is 2. The van der Waals surface area contributed by atoms with Crippen molar-refractivity contribution in [2.24, 2.45) is 0 Å². The van der Waals surface area contributed by atoms with Crippen molar-refractivity contribution in [3.63, 3.8) is 0 Å². The van der Waals surface area contributed by atoms with Gasteiger partial charge in [0, 0.05) is 0 Å². The lowest BCUT2D eigenvalue weighted by Gasteiger charge is -2.08. The number of carboxylic acids is 2. The molecule has 6 N–H and O–H groups in total. The third-order valence-corrected chi connectivity index (χ3v) is 3.27. The second-order valence-electron chi connectivity index (χ2n) is 5.49. The van der Waals surface area contributed by atoms with Crippen LogP contribution in [0.3, 0.4) is 0 Å². The molecule has 138 valence electrons. The summed E-state index contributed by atoms with van der Waals surface area (Å²) in [5.41, 5.74) is -1.15. The van der Waals surface area contributed by atoms with Crippen molar-refractivity contribution in [2.45, 2.75) is 44.7 Å². The van der Waals surface area contributed by atoms with Gasteiger partial charge in [0.1, 0.15) is 10.1 Å². The van der Waals surface area contributed by atoms with Crippen molar-refractivity contribution >= 4 is 22.1 Å². The van der Waals surface area contributed by atoms with Gasteiger partial charge in [-0.05, 0) is 45.9 Å². The molecule has 0 aliphatic heterocycles. The van der Waals surface area contributed by atoms with Crippen molar-refractivity contribution in [3.8, 4) is 0 Å². The third-order valence-electron chi connectivity index (χ3n) is 2.46. The second-order valence-corrected chi connectivity index (χ2v) is 6.87. The number of quaternary nitrogens is 1. The first kappa shape index (κ1) is 24.2. The monoisotopic (exact) mass is 365 g/mol. The Balaban J connectivity index is 0. The lowest BCUT2D eigenvalue weighted by Crippen LogP contribution is -2.92. The third kappa shape index (κ3) is 9.20. The van der Waals surface area contributed by atoms with Gasteiger partial charge in [-0.3, -0.25) is 0 Å². The molecular weight excluding hydrogens is 342 g/mol. The molecule has 1 rings (SSSR count). The summed E-state index contributed by atoms with van der Waals surface area (Å²) in [6.07, 6.45) is 0. The van der Waals surface area contributed by atoms with E-state index in [0.717, 1.165) is 18.2 Å². The fourth-order valence-electron chi connectivity index (χ4n) is 1.76. The number of hydrogen-bond donors (Lipinski definition) is 3. The first-order valence-electron chi connectivity index (χ1n) is 6.77. The van der Waals surface area contributed by atoms with E-state index in [1.165, 1.54) is 0 Å². The van der Waals surface area contributed by atoms with Gasteiger partial charge in [-0.25, -0.2) is 18.0 Å². The normalized spacial score (nSPS) is 10.6. The lowest BCUT2D eigenvalue weighted by molar-refractivity contribution is -0.709. The molecule has 0 amide bonds. The molecule has 0 saturated heterocycles. The van der Waals surface area contributed by atoms with Crippen LogP contribution < -0.4 is 5.32 Å². The molecule has 0 spiro atoms. The Hall–Kier alpha value is -2.01. The SMILES string of the molecule is CC(C)[NH2+]C(C)C.O.O=C(O)c1cc(C(=O)O)cc(S(=O)(=O)[O-])c1. The molecule has 10 heteroatoms. The Bertz CT molecular complexity index is 629. The highest BCUT2D eigenvalue weighted by atomic mass is 32.2. The molecule has 1 aromatic rings. The molecule has 24 heavy (non-hydrogen) atoms. The largest absolute Gasteiger partial charge is 0.744 e. The summed E-state index contributed by atoms with van der Waals surface area (Å²) in [5, 5.41) is 19.5. The highest BCUT2D eigenvalue weighted by Crippen LogP contribution is 2.15. The lowest BCUT2D eigenvalue weighted by atomic mass is 10.1. The Morgan fingerprint density at radius 3 is 1.46 bits per heavy atom. The zero-order valence-corrected chi connectivity index (χ0v) is 14.6. The van der Waals surface area contributed by atoms with Gasteiger partial charge in [-0.2, -0.15) is 0 Å². The fraction of sp³-hybridized carbons (Fsp3) is 0.429. The predicted octanol–water partition coefficient (Wildman–Crippen LogP) is -0.471. The Kier molecular flexibility index (Phi) is 10.1. The summed E-state index contributed by atoms with van der Waals surface area (Å²) < 4.78 is 31.9. The van der Waals surface area contributed by atoms with E-state index in [-0.39, 0.29) is 5.48 Å². The summed E-state index contributed by atoms with van der Waals surface area (Å²) in [6.45, 7) is 8.83. The average molecular weight is 365 g/mol. The fourth-order valence-corrected chi connectivity index (χ4v) is 2.30. The summed E-state index contributed by atoms with van der Waals surface area (Å²) in [6, 6.07) is 3.48. The summed E-state index contributed by atoms with van der Waals surface area (Å²) in [7, 11) is -4.89. The molecule has 0 atom stereocenters. The van der Waals surface area contributed by atoms with E-state index in [1.54, 1.807) is 0 Å². The van der Waals surface area contributed by atoms with E-state index < -0.39 is 38.1 Å². The van der Waals surface area contributed by atoms with Crippen LogP contribution in [0, 0.1) is 0 Å². The van der Waals surface area contributed by atoms with Crippen LogP contribution >= 0.6 is 0 Å². The smallest absolute Gasteiger partial charge is 0.335 e. The van der Waals surface area contributed by atoms with Gasteiger partial charge >= 0.3 is 11.9 Å². The maximum absolute atomic E-state index is 10.6. The number of benzene rings is 1. The van der Waals surface area contributed by atoms with Crippen molar-refractivity contribution in [3.05, 3.63) is 29.3 Å². The van der Waals surface area contributed by atoms with Crippen LogP contribution in [-0.2, 0) is 10.1 Å². The molecule has 0 aliphatic rings. The Morgan fingerprint density at radius 2 is 1.29 bits per heavy atom. The van der Waals surface area contributed by atoms with Crippen molar-refractivity contribution in [1.82, 2.24) is 0 Å². The Labute approximate surface area is 140 Å². The van der Waals surface area contributed by atoms with Crippen LogP contribution in [0.15, 0.2) is 23.1 Å². The maximum atomic E-state index is 10.6. The molecule has 0 unspecified atom stereocenters. The maximum Gasteiger partial charge on any atom is 0.335 e. The molecule has 0 fully saturated rings. The quantitative estimate of drug-likeness (QED) is 0.589.